The van der Waals surface area contributed by atoms with Gasteiger partial charge >= 0.3 is 0 Å². The van der Waals surface area contributed by atoms with Gasteiger partial charge in [-0.2, -0.15) is 0 Å². The van der Waals surface area contributed by atoms with Crippen molar-refractivity contribution in [2.45, 2.75) is 120 Å². The summed E-state index contributed by atoms with van der Waals surface area (Å²) in [6.07, 6.45) is 0. The third-order valence-electron chi connectivity index (χ3n) is 12.1. The van der Waals surface area contributed by atoms with Crippen molar-refractivity contribution in [3.05, 3.63) is 159 Å². The lowest BCUT2D eigenvalue weighted by molar-refractivity contribution is 0.589. The van der Waals surface area contributed by atoms with E-state index in [0.29, 0.717) is 17.5 Å². The molecule has 0 saturated heterocycles. The number of benzene rings is 6. The monoisotopic (exact) mass is 790 g/mol. The van der Waals surface area contributed by atoms with Crippen LogP contribution >= 0.6 is 0 Å². The predicted octanol–water partition coefficient (Wildman–Crippen LogP) is 15.6. The Morgan fingerprint density at radius 2 is 0.433 bits per heavy atom. The van der Waals surface area contributed by atoms with Crippen LogP contribution in [0.25, 0.3) is 67.5 Å². The van der Waals surface area contributed by atoms with Gasteiger partial charge in [0.15, 0.2) is 17.5 Å². The van der Waals surface area contributed by atoms with Gasteiger partial charge in [-0.1, -0.05) is 172 Å². The molecule has 0 unspecified atom stereocenters. The topological polar surface area (TPSA) is 38.7 Å². The zero-order valence-electron chi connectivity index (χ0n) is 38.7. The molecule has 3 heteroatoms. The van der Waals surface area contributed by atoms with Crippen LogP contribution in [0, 0.1) is 41.5 Å². The van der Waals surface area contributed by atoms with Crippen LogP contribution in [0.4, 0.5) is 0 Å². The maximum atomic E-state index is 5.15. The Morgan fingerprint density at radius 3 is 0.600 bits per heavy atom. The summed E-state index contributed by atoms with van der Waals surface area (Å²) in [4.78, 5) is 15.4. The lowest BCUT2D eigenvalue weighted by atomic mass is 9.82. The number of hydrogen-bond acceptors (Lipinski definition) is 3. The van der Waals surface area contributed by atoms with E-state index in [4.69, 9.17) is 15.0 Å². The summed E-state index contributed by atoms with van der Waals surface area (Å²) < 4.78 is 0. The van der Waals surface area contributed by atoms with Gasteiger partial charge in [0.1, 0.15) is 0 Å². The van der Waals surface area contributed by atoms with Gasteiger partial charge in [-0.3, -0.25) is 0 Å². The Hall–Kier alpha value is -5.67. The minimum atomic E-state index is 0.0951. The first-order chi connectivity index (χ1) is 28.1. The number of rotatable bonds is 6. The average Bonchev–Trinajstić information content (AvgIpc) is 3.16. The SMILES string of the molecule is Cc1cc(C(C)(C)C)cc(C)c1-c1ccc(-c2nc(-c3ccc(-c4c(C)cc(C(C)(C)C)cc4C)cc3)nc(-c3ccc(-c4c(C)cc(C(C)(C)C)cc4C)cc3)n2)cc1. The summed E-state index contributed by atoms with van der Waals surface area (Å²) in [6, 6.07) is 40.2. The fourth-order valence-electron chi connectivity index (χ4n) is 8.68. The zero-order valence-corrected chi connectivity index (χ0v) is 38.7. The highest BCUT2D eigenvalue weighted by atomic mass is 15.0. The molecule has 306 valence electrons. The van der Waals surface area contributed by atoms with E-state index in [-0.39, 0.29) is 16.2 Å². The van der Waals surface area contributed by atoms with Crippen molar-refractivity contribution >= 4 is 0 Å². The van der Waals surface area contributed by atoms with Crippen molar-refractivity contribution in [1.29, 1.82) is 0 Å². The highest BCUT2D eigenvalue weighted by Gasteiger charge is 2.21. The Kier molecular flexibility index (Phi) is 11.1. The summed E-state index contributed by atoms with van der Waals surface area (Å²) in [7, 11) is 0. The molecule has 0 spiro atoms. The molecule has 0 radical (unpaired) electrons. The van der Waals surface area contributed by atoms with Crippen LogP contribution < -0.4 is 0 Å². The largest absolute Gasteiger partial charge is 0.208 e. The maximum absolute atomic E-state index is 5.15. The first-order valence-electron chi connectivity index (χ1n) is 21.5. The molecule has 1 heterocycles. The zero-order chi connectivity index (χ0) is 43.5. The van der Waals surface area contributed by atoms with Crippen molar-refractivity contribution in [2.75, 3.05) is 0 Å². The molecule has 0 fully saturated rings. The van der Waals surface area contributed by atoms with Gasteiger partial charge in [0.25, 0.3) is 0 Å². The van der Waals surface area contributed by atoms with E-state index in [1.165, 1.54) is 83.5 Å². The van der Waals surface area contributed by atoms with E-state index in [9.17, 15) is 0 Å². The lowest BCUT2D eigenvalue weighted by Crippen LogP contribution is -2.12. The Morgan fingerprint density at radius 1 is 0.267 bits per heavy atom. The molecule has 0 N–H and O–H groups in total. The van der Waals surface area contributed by atoms with Crippen LogP contribution in [0.5, 0.6) is 0 Å². The molecule has 0 bridgehead atoms. The number of aryl methyl sites for hydroxylation is 6. The highest BCUT2D eigenvalue weighted by Crippen LogP contribution is 2.38. The van der Waals surface area contributed by atoms with E-state index in [2.05, 4.69) is 213 Å². The smallest absolute Gasteiger partial charge is 0.164 e. The number of hydrogen-bond donors (Lipinski definition) is 0. The summed E-state index contributed by atoms with van der Waals surface area (Å²) in [6.45, 7) is 33.8. The van der Waals surface area contributed by atoms with Crippen LogP contribution in [0.15, 0.2) is 109 Å². The third-order valence-corrected chi connectivity index (χ3v) is 12.1. The molecule has 7 rings (SSSR count). The molecule has 7 aromatic rings. The minimum absolute atomic E-state index is 0.0951. The lowest BCUT2D eigenvalue weighted by Gasteiger charge is -2.22. The fraction of sp³-hybridized carbons (Fsp3) is 0.316. The van der Waals surface area contributed by atoms with Crippen LogP contribution in [0.3, 0.4) is 0 Å². The van der Waals surface area contributed by atoms with Crippen molar-refractivity contribution in [3.8, 4) is 67.5 Å². The molecule has 6 aromatic carbocycles. The molecule has 0 aliphatic carbocycles. The van der Waals surface area contributed by atoms with E-state index in [1.807, 2.05) is 0 Å². The standard InChI is InChI=1S/C57H63N3/c1-34-28-46(55(7,8)9)29-35(2)49(34)40-16-22-43(23-17-40)52-58-53(44-24-18-41(19-25-44)50-36(3)30-47(31-37(50)4)56(10,11)12)60-54(59-52)45-26-20-42(21-27-45)51-38(5)32-48(33-39(51)6)57(13,14)15/h16-33H,1-15H3. The summed E-state index contributed by atoms with van der Waals surface area (Å²) in [5, 5.41) is 0. The van der Waals surface area contributed by atoms with Crippen LogP contribution in [0.1, 0.15) is 112 Å². The normalized spacial score (nSPS) is 12.2. The van der Waals surface area contributed by atoms with Gasteiger partial charge < -0.3 is 0 Å². The first-order valence-corrected chi connectivity index (χ1v) is 21.5. The molecule has 60 heavy (non-hydrogen) atoms. The minimum Gasteiger partial charge on any atom is -0.208 e. The van der Waals surface area contributed by atoms with Gasteiger partial charge in [-0.05, 0) is 141 Å². The van der Waals surface area contributed by atoms with E-state index in [0.717, 1.165) is 16.7 Å². The summed E-state index contributed by atoms with van der Waals surface area (Å²) >= 11 is 0. The fourth-order valence-corrected chi connectivity index (χ4v) is 8.68. The second-order valence-corrected chi connectivity index (χ2v) is 20.2. The molecule has 0 saturated carbocycles. The van der Waals surface area contributed by atoms with Crippen LogP contribution in [0.2, 0.25) is 0 Å². The molecule has 0 atom stereocenters. The quantitative estimate of drug-likeness (QED) is 0.168. The molecule has 0 amide bonds. The van der Waals surface area contributed by atoms with Gasteiger partial charge in [0.2, 0.25) is 0 Å². The maximum Gasteiger partial charge on any atom is 0.164 e. The van der Waals surface area contributed by atoms with Crippen molar-refractivity contribution < 1.29 is 0 Å². The van der Waals surface area contributed by atoms with E-state index < -0.39 is 0 Å². The molecular weight excluding hydrogens is 727 g/mol. The van der Waals surface area contributed by atoms with E-state index in [1.54, 1.807) is 0 Å². The average molecular weight is 790 g/mol. The highest BCUT2D eigenvalue weighted by molar-refractivity contribution is 5.78. The molecule has 1 aromatic heterocycles. The molecular formula is C57H63N3. The number of nitrogens with zero attached hydrogens (tertiary/aromatic N) is 3. The molecule has 0 aliphatic rings. The molecule has 0 aliphatic heterocycles. The Labute approximate surface area is 360 Å². The summed E-state index contributed by atoms with van der Waals surface area (Å²) in [5.41, 5.74) is 22.4. The first kappa shape index (κ1) is 42.5. The Balaban J connectivity index is 1.30. The summed E-state index contributed by atoms with van der Waals surface area (Å²) in [5.74, 6) is 1.96. The van der Waals surface area contributed by atoms with Gasteiger partial charge in [-0.25, -0.2) is 15.0 Å². The number of aromatic nitrogens is 3. The van der Waals surface area contributed by atoms with Crippen molar-refractivity contribution in [2.24, 2.45) is 0 Å². The Bertz CT molecular complexity index is 2330. The van der Waals surface area contributed by atoms with Crippen LogP contribution in [-0.4, -0.2) is 15.0 Å². The van der Waals surface area contributed by atoms with Crippen molar-refractivity contribution in [3.63, 3.8) is 0 Å². The van der Waals surface area contributed by atoms with Crippen molar-refractivity contribution in [1.82, 2.24) is 15.0 Å². The predicted molar refractivity (Wildman–Crippen MR) is 257 cm³/mol. The van der Waals surface area contributed by atoms with Gasteiger partial charge in [0.05, 0.1) is 0 Å². The second kappa shape index (κ2) is 15.7. The molecule has 3 nitrogen and oxygen atoms in total. The second-order valence-electron chi connectivity index (χ2n) is 20.2. The van der Waals surface area contributed by atoms with Gasteiger partial charge in [0, 0.05) is 16.7 Å². The van der Waals surface area contributed by atoms with Gasteiger partial charge in [-0.15, -0.1) is 0 Å². The van der Waals surface area contributed by atoms with E-state index >= 15 is 0 Å². The van der Waals surface area contributed by atoms with Crippen LogP contribution in [-0.2, 0) is 16.2 Å². The third kappa shape index (κ3) is 8.64.